The van der Waals surface area contributed by atoms with Crippen molar-refractivity contribution in [1.82, 2.24) is 14.7 Å². The molecule has 4 amide bonds. The Hall–Kier alpha value is -3.60. The molecule has 0 spiro atoms. The quantitative estimate of drug-likeness (QED) is 0.400. The summed E-state index contributed by atoms with van der Waals surface area (Å²) in [6.45, 7) is 5.56. The van der Waals surface area contributed by atoms with E-state index in [0.29, 0.717) is 49.1 Å². The molecule has 2 heterocycles. The van der Waals surface area contributed by atoms with Gasteiger partial charge in [0.05, 0.1) is 22.9 Å². The lowest BCUT2D eigenvalue weighted by atomic mass is 9.95. The number of halogens is 3. The Bertz CT molecular complexity index is 1320. The van der Waals surface area contributed by atoms with Crippen LogP contribution in [0.4, 0.5) is 18.0 Å². The number of carbonyl (C=O) groups excluding carboxylic acids is 4. The molecule has 2 fully saturated rings. The number of likely N-dealkylation sites (tertiary alicyclic amines) is 1. The Kier molecular flexibility index (Phi) is 9.02. The van der Waals surface area contributed by atoms with E-state index in [1.807, 2.05) is 13.8 Å². The molecule has 2 aliphatic heterocycles. The Morgan fingerprint density at radius 2 is 1.73 bits per heavy atom. The SMILES string of the molecule is CCN(CC)C(=O)[C@@H]1CCCN(C(=O)c2ccc(/C=C3\SC(=O)N(Cc4ccccc4C(F)(F)F)C3=O)cc2)C1. The van der Waals surface area contributed by atoms with Gasteiger partial charge in [-0.2, -0.15) is 13.2 Å². The molecule has 2 aromatic rings. The summed E-state index contributed by atoms with van der Waals surface area (Å²) >= 11 is 0.657. The Labute approximate surface area is 235 Å². The predicted molar refractivity (Wildman–Crippen MR) is 146 cm³/mol. The van der Waals surface area contributed by atoms with Crippen molar-refractivity contribution < 1.29 is 32.3 Å². The van der Waals surface area contributed by atoms with Gasteiger partial charge in [-0.3, -0.25) is 24.1 Å². The zero-order valence-electron chi connectivity index (χ0n) is 22.2. The van der Waals surface area contributed by atoms with Gasteiger partial charge in [-0.05, 0) is 73.9 Å². The molecule has 40 heavy (non-hydrogen) atoms. The first kappa shape index (κ1) is 29.4. The second-order valence-electron chi connectivity index (χ2n) is 9.65. The van der Waals surface area contributed by atoms with E-state index in [1.165, 1.54) is 24.3 Å². The lowest BCUT2D eigenvalue weighted by molar-refractivity contribution is -0.139. The van der Waals surface area contributed by atoms with Crippen molar-refractivity contribution in [2.24, 2.45) is 5.92 Å². The van der Waals surface area contributed by atoms with Gasteiger partial charge in [-0.1, -0.05) is 30.3 Å². The molecule has 0 radical (unpaired) electrons. The van der Waals surface area contributed by atoms with Crippen molar-refractivity contribution in [3.05, 3.63) is 75.7 Å². The van der Waals surface area contributed by atoms with E-state index in [1.54, 1.807) is 34.1 Å². The Morgan fingerprint density at radius 1 is 1.05 bits per heavy atom. The molecule has 1 atom stereocenters. The maximum absolute atomic E-state index is 13.4. The van der Waals surface area contributed by atoms with Crippen molar-refractivity contribution in [2.75, 3.05) is 26.2 Å². The van der Waals surface area contributed by atoms with Crippen molar-refractivity contribution in [3.63, 3.8) is 0 Å². The highest BCUT2D eigenvalue weighted by molar-refractivity contribution is 8.18. The van der Waals surface area contributed by atoms with Gasteiger partial charge in [-0.25, -0.2) is 0 Å². The van der Waals surface area contributed by atoms with E-state index in [2.05, 4.69) is 0 Å². The topological polar surface area (TPSA) is 78.0 Å². The molecule has 2 saturated heterocycles. The normalized spacial score (nSPS) is 18.9. The van der Waals surface area contributed by atoms with Gasteiger partial charge in [0.25, 0.3) is 17.1 Å². The number of alkyl halides is 3. The van der Waals surface area contributed by atoms with Crippen LogP contribution in [0.15, 0.2) is 53.4 Å². The zero-order valence-corrected chi connectivity index (χ0v) is 23.1. The lowest BCUT2D eigenvalue weighted by Crippen LogP contribution is -2.46. The molecule has 11 heteroatoms. The van der Waals surface area contributed by atoms with Gasteiger partial charge in [0, 0.05) is 31.7 Å². The van der Waals surface area contributed by atoms with Crippen molar-refractivity contribution in [2.45, 2.75) is 39.4 Å². The molecule has 0 unspecified atom stereocenters. The number of piperidine rings is 1. The van der Waals surface area contributed by atoms with Gasteiger partial charge in [0.2, 0.25) is 5.91 Å². The maximum Gasteiger partial charge on any atom is 0.416 e. The number of amides is 4. The minimum atomic E-state index is -4.61. The fourth-order valence-corrected chi connectivity index (χ4v) is 5.79. The second-order valence-corrected chi connectivity index (χ2v) is 10.6. The van der Waals surface area contributed by atoms with Crippen LogP contribution in [0.25, 0.3) is 6.08 Å². The number of carbonyl (C=O) groups is 4. The molecule has 0 N–H and O–H groups in total. The average molecular weight is 574 g/mol. The smallest absolute Gasteiger partial charge is 0.343 e. The first-order chi connectivity index (χ1) is 19.0. The van der Waals surface area contributed by atoms with E-state index in [9.17, 15) is 32.3 Å². The predicted octanol–water partition coefficient (Wildman–Crippen LogP) is 5.66. The third-order valence-electron chi connectivity index (χ3n) is 7.11. The van der Waals surface area contributed by atoms with Crippen LogP contribution in [0.1, 0.15) is 53.7 Å². The van der Waals surface area contributed by atoms with E-state index in [-0.39, 0.29) is 28.2 Å². The number of rotatable bonds is 7. The van der Waals surface area contributed by atoms with Crippen LogP contribution in [-0.4, -0.2) is 63.8 Å². The summed E-state index contributed by atoms with van der Waals surface area (Å²) in [6, 6.07) is 11.4. The van der Waals surface area contributed by atoms with Crippen molar-refractivity contribution >= 4 is 40.8 Å². The van der Waals surface area contributed by atoms with Gasteiger partial charge < -0.3 is 9.80 Å². The summed E-state index contributed by atoms with van der Waals surface area (Å²) in [5.74, 6) is -1.03. The van der Waals surface area contributed by atoms with Crippen LogP contribution in [0, 0.1) is 5.92 Å². The number of thioether (sulfide) groups is 1. The van der Waals surface area contributed by atoms with E-state index in [0.717, 1.165) is 23.8 Å². The average Bonchev–Trinajstić information content (AvgIpc) is 3.20. The van der Waals surface area contributed by atoms with Crippen LogP contribution >= 0.6 is 11.8 Å². The first-order valence-electron chi connectivity index (χ1n) is 13.1. The van der Waals surface area contributed by atoms with Crippen molar-refractivity contribution in [1.29, 1.82) is 0 Å². The Morgan fingerprint density at radius 3 is 2.38 bits per heavy atom. The van der Waals surface area contributed by atoms with E-state index in [4.69, 9.17) is 0 Å². The summed E-state index contributed by atoms with van der Waals surface area (Å²) in [5, 5.41) is -0.654. The standard InChI is InChI=1S/C29H30F3N3O4S/c1-3-33(4-2)26(37)22-9-7-15-34(17-22)25(36)20-13-11-19(12-14-20)16-24-27(38)35(28(39)40-24)18-21-8-5-6-10-23(21)29(30,31)32/h5-6,8,10-14,16,22H,3-4,7,9,15,17-18H2,1-2H3/b24-16-/t22-/m1/s1. The molecule has 0 aromatic heterocycles. The van der Waals surface area contributed by atoms with Gasteiger partial charge in [0.15, 0.2) is 0 Å². The molecule has 2 aromatic carbocycles. The van der Waals surface area contributed by atoms with Crippen LogP contribution in [0.2, 0.25) is 0 Å². The third kappa shape index (κ3) is 6.41. The fourth-order valence-electron chi connectivity index (χ4n) is 4.95. The molecule has 0 saturated carbocycles. The highest BCUT2D eigenvalue weighted by atomic mass is 32.2. The molecule has 4 rings (SSSR count). The summed E-state index contributed by atoms with van der Waals surface area (Å²) in [4.78, 5) is 55.7. The highest BCUT2D eigenvalue weighted by Gasteiger charge is 2.38. The molecular formula is C29H30F3N3O4S. The largest absolute Gasteiger partial charge is 0.416 e. The summed E-state index contributed by atoms with van der Waals surface area (Å²) in [7, 11) is 0. The number of hydrogen-bond donors (Lipinski definition) is 0. The second kappa shape index (κ2) is 12.3. The summed E-state index contributed by atoms with van der Waals surface area (Å²) < 4.78 is 40.1. The minimum absolute atomic E-state index is 0.0636. The van der Waals surface area contributed by atoms with E-state index >= 15 is 0 Å². The molecule has 0 bridgehead atoms. The number of benzene rings is 2. The van der Waals surface area contributed by atoms with Crippen LogP contribution in [0.3, 0.4) is 0 Å². The number of nitrogens with zero attached hydrogens (tertiary/aromatic N) is 3. The van der Waals surface area contributed by atoms with Crippen molar-refractivity contribution in [3.8, 4) is 0 Å². The minimum Gasteiger partial charge on any atom is -0.343 e. The van der Waals surface area contributed by atoms with Crippen LogP contribution in [-0.2, 0) is 22.3 Å². The molecule has 212 valence electrons. The first-order valence-corrected chi connectivity index (χ1v) is 13.9. The highest BCUT2D eigenvalue weighted by Crippen LogP contribution is 2.36. The van der Waals surface area contributed by atoms with Gasteiger partial charge >= 0.3 is 6.18 Å². The third-order valence-corrected chi connectivity index (χ3v) is 8.02. The molecule has 7 nitrogen and oxygen atoms in total. The summed E-state index contributed by atoms with van der Waals surface area (Å²) in [5.41, 5.74) is -0.0631. The molecule has 0 aliphatic carbocycles. The van der Waals surface area contributed by atoms with E-state index < -0.39 is 29.4 Å². The molecular weight excluding hydrogens is 543 g/mol. The fraction of sp³-hybridized carbons (Fsp3) is 0.379. The van der Waals surface area contributed by atoms with Gasteiger partial charge in [0.1, 0.15) is 0 Å². The summed E-state index contributed by atoms with van der Waals surface area (Å²) in [6.07, 6.45) is -1.64. The monoisotopic (exact) mass is 573 g/mol. The molecule has 2 aliphatic rings. The van der Waals surface area contributed by atoms with Crippen LogP contribution in [0.5, 0.6) is 0 Å². The number of imide groups is 1. The Balaban J connectivity index is 1.44. The zero-order chi connectivity index (χ0) is 29.0. The maximum atomic E-state index is 13.4. The number of hydrogen-bond acceptors (Lipinski definition) is 5. The van der Waals surface area contributed by atoms with Gasteiger partial charge in [-0.15, -0.1) is 0 Å². The lowest BCUT2D eigenvalue weighted by Gasteiger charge is -2.34. The van der Waals surface area contributed by atoms with Crippen LogP contribution < -0.4 is 0 Å².